The molecule has 0 aliphatic carbocycles. The first kappa shape index (κ1) is 70.8. The number of unbranched alkanes of at least 4 members (excludes halogenated alkanes) is 1. The number of aromatic nitrogens is 3. The number of ether oxygens (including phenoxy) is 3. The lowest BCUT2D eigenvalue weighted by Gasteiger charge is -2.33. The summed E-state index contributed by atoms with van der Waals surface area (Å²) in [5.74, 6) is -1.92. The normalized spacial score (nSPS) is 22.3. The van der Waals surface area contributed by atoms with Gasteiger partial charge in [-0.1, -0.05) is 96.2 Å². The molecule has 0 radical (unpaired) electrons. The summed E-state index contributed by atoms with van der Waals surface area (Å²) in [5, 5.41) is 27.1. The Kier molecular flexibility index (Phi) is 28.4. The largest absolute Gasteiger partial charge is 0.379 e. The first-order chi connectivity index (χ1) is 44.7. The number of hydrogen-bond donors (Lipinski definition) is 6. The number of Topliss-reactive ketones (excluding diaryl/α,β-unsaturated/α-hetero) is 3. The smallest absolute Gasteiger partial charge is 0.246 e. The van der Waals surface area contributed by atoms with Gasteiger partial charge in [-0.05, 0) is 140 Å². The molecule has 0 saturated carbocycles. The van der Waals surface area contributed by atoms with Gasteiger partial charge in [0.2, 0.25) is 29.5 Å². The highest BCUT2D eigenvalue weighted by Gasteiger charge is 2.49. The quantitative estimate of drug-likeness (QED) is 0.0309. The Morgan fingerprint density at radius 3 is 1.75 bits per heavy atom. The fraction of sp³-hybridized carbons (Fsp3) is 0.600. The summed E-state index contributed by atoms with van der Waals surface area (Å²) < 4.78 is 19.1. The van der Waals surface area contributed by atoms with Gasteiger partial charge in [-0.25, -0.2) is 0 Å². The Morgan fingerprint density at radius 2 is 1.12 bits per heavy atom. The number of aryl methyl sites for hydroxylation is 3. The molecule has 6 N–H and O–H groups in total. The Hall–Kier alpha value is -7.08. The fourth-order valence-corrected chi connectivity index (χ4v) is 13.3. The molecule has 0 spiro atoms. The van der Waals surface area contributed by atoms with Crippen LogP contribution >= 0.6 is 0 Å². The van der Waals surface area contributed by atoms with E-state index in [9.17, 15) is 38.4 Å². The molecule has 22 nitrogen and oxygen atoms in total. The van der Waals surface area contributed by atoms with Gasteiger partial charge >= 0.3 is 0 Å². The van der Waals surface area contributed by atoms with Crippen LogP contribution in [0.5, 0.6) is 0 Å². The van der Waals surface area contributed by atoms with Crippen LogP contribution in [0.3, 0.4) is 0 Å². The van der Waals surface area contributed by atoms with E-state index in [4.69, 9.17) is 14.2 Å². The van der Waals surface area contributed by atoms with Crippen molar-refractivity contribution >= 4 is 46.9 Å². The van der Waals surface area contributed by atoms with E-state index >= 15 is 0 Å². The number of rotatable bonds is 39. The van der Waals surface area contributed by atoms with Crippen molar-refractivity contribution in [1.29, 1.82) is 0 Å². The average Bonchev–Trinajstić information content (AvgIpc) is 1.65. The molecule has 4 aromatic rings. The molecule has 1 aromatic heterocycles. The molecule has 92 heavy (non-hydrogen) atoms. The van der Waals surface area contributed by atoms with Crippen molar-refractivity contribution in [2.45, 2.75) is 197 Å². The Balaban J connectivity index is 0.684. The summed E-state index contributed by atoms with van der Waals surface area (Å²) in [5.41, 5.74) is 3.57. The number of carbonyl (C=O) groups excluding carboxylic acids is 8. The molecular formula is C70H99N11O11. The second-order valence-corrected chi connectivity index (χ2v) is 25.2. The minimum Gasteiger partial charge on any atom is -0.379 e. The number of nitrogens with zero attached hydrogens (tertiary/aromatic N) is 5. The van der Waals surface area contributed by atoms with Gasteiger partial charge in [0.15, 0.2) is 11.6 Å². The zero-order valence-electron chi connectivity index (χ0n) is 54.4. The van der Waals surface area contributed by atoms with Gasteiger partial charge in [0.25, 0.3) is 0 Å². The topological polar surface area (TPSA) is 274 Å². The van der Waals surface area contributed by atoms with Gasteiger partial charge in [-0.3, -0.25) is 43.0 Å². The summed E-state index contributed by atoms with van der Waals surface area (Å²) in [6, 6.07) is 23.9. The van der Waals surface area contributed by atoms with Crippen molar-refractivity contribution in [3.05, 3.63) is 120 Å². The number of likely N-dealkylation sites (N-methyl/N-ethyl adjacent to an activating group) is 2. The molecule has 5 heterocycles. The Bertz CT molecular complexity index is 2990. The molecule has 0 unspecified atom stereocenters. The number of fused-ring (bicyclic) bond motifs is 2. The van der Waals surface area contributed by atoms with Crippen molar-refractivity contribution in [3.8, 4) is 0 Å². The van der Waals surface area contributed by atoms with E-state index in [0.717, 1.165) is 17.5 Å². The number of ketones is 3. The van der Waals surface area contributed by atoms with Crippen LogP contribution in [-0.2, 0) is 78.5 Å². The van der Waals surface area contributed by atoms with Crippen LogP contribution in [0.1, 0.15) is 145 Å². The van der Waals surface area contributed by atoms with Crippen LogP contribution in [0.2, 0.25) is 0 Å². The lowest BCUT2D eigenvalue weighted by atomic mass is 9.87. The molecule has 22 heteroatoms. The van der Waals surface area contributed by atoms with Crippen LogP contribution in [-0.4, -0.2) is 180 Å². The third-order valence-electron chi connectivity index (χ3n) is 18.9. The van der Waals surface area contributed by atoms with Crippen LogP contribution in [0, 0.1) is 11.8 Å². The first-order valence-electron chi connectivity index (χ1n) is 33.7. The van der Waals surface area contributed by atoms with E-state index in [2.05, 4.69) is 42.2 Å². The van der Waals surface area contributed by atoms with Gasteiger partial charge in [-0.2, -0.15) is 0 Å². The van der Waals surface area contributed by atoms with Crippen LogP contribution in [0.4, 0.5) is 0 Å². The first-order valence-corrected chi connectivity index (χ1v) is 33.7. The van der Waals surface area contributed by atoms with Gasteiger partial charge in [0.1, 0.15) is 30.0 Å². The molecule has 4 saturated heterocycles. The molecule has 3 aromatic carbocycles. The average molecular weight is 1270 g/mol. The van der Waals surface area contributed by atoms with Crippen molar-refractivity contribution < 1.29 is 52.6 Å². The maximum absolute atomic E-state index is 14.6. The zero-order chi connectivity index (χ0) is 65.2. The summed E-state index contributed by atoms with van der Waals surface area (Å²) >= 11 is 0. The molecule has 5 amide bonds. The van der Waals surface area contributed by atoms with Gasteiger partial charge in [0, 0.05) is 82.7 Å². The monoisotopic (exact) mass is 1270 g/mol. The molecule has 0 bridgehead atoms. The zero-order valence-corrected chi connectivity index (χ0v) is 54.4. The van der Waals surface area contributed by atoms with Gasteiger partial charge < -0.3 is 55.9 Å². The molecule has 500 valence electrons. The predicted molar refractivity (Wildman–Crippen MR) is 347 cm³/mol. The molecule has 4 aliphatic rings. The number of amides is 5. The summed E-state index contributed by atoms with van der Waals surface area (Å²) in [6.07, 6.45) is 11.6. The SMILES string of the molecule is CN[C@@H](C)C(=O)N[C@@H]1C(=O)N2[C@@H](CC[C@@H]1CCC(=O)CCc1cn(CCCOCCOCCOCCCCC(=O)[C@@H](NC(=O)[C@@H]3CC[C@@H]4CC[C@H](CNCc5ccccc5)[C@H](NC(=O)[C@H](C)NC)C(=O)N43)c3ccccc3)nn1)CC[C@H]2C(=O)CCc1ccccc1. The van der Waals surface area contributed by atoms with Crippen molar-refractivity contribution in [2.24, 2.45) is 11.8 Å². The van der Waals surface area contributed by atoms with Crippen molar-refractivity contribution in [3.63, 3.8) is 0 Å². The predicted octanol–water partition coefficient (Wildman–Crippen LogP) is 5.31. The lowest BCUT2D eigenvalue weighted by molar-refractivity contribution is -0.144. The lowest BCUT2D eigenvalue weighted by Crippen LogP contribution is -2.59. The van der Waals surface area contributed by atoms with E-state index in [1.165, 1.54) is 0 Å². The molecule has 4 aliphatic heterocycles. The van der Waals surface area contributed by atoms with Crippen molar-refractivity contribution in [1.82, 2.24) is 56.7 Å². The highest BCUT2D eigenvalue weighted by molar-refractivity contribution is 5.97. The summed E-state index contributed by atoms with van der Waals surface area (Å²) in [4.78, 5) is 114. The van der Waals surface area contributed by atoms with Crippen LogP contribution in [0.25, 0.3) is 0 Å². The standard InChI is InChI=1S/C70H99N11O11/c1-48(71-3)66(85)75-64-53(25-29-56-31-35-59(80(56)69(64)88)61(83)37-24-50-17-8-5-9-18-50)27-33-58(82)34-28-55-47-79(78-77-55)38-16-40-91-42-44-92-43-41-90-39-15-14-23-62(84)63(52-21-12-7-13-22-52)74-68(87)60-36-32-57-30-26-54(46-73-45-51-19-10-6-11-20-51)65(70(89)81(57)60)76-67(86)49(2)72-4/h5-13,17-22,47-49,53-54,56-57,59-60,63-65,71-73H,14-16,23-46H2,1-4H3,(H,74,87)(H,75,85)(H,76,86)/t48-,49-,53+,54+,56-,57-,59-,60-,63-,64-,65-/m0/s1. The Labute approximate surface area is 542 Å². The van der Waals surface area contributed by atoms with E-state index in [-0.39, 0.29) is 90.1 Å². The number of carbonyl (C=O) groups is 8. The summed E-state index contributed by atoms with van der Waals surface area (Å²) in [6.45, 7) is 7.72. The number of benzene rings is 3. The molecule has 8 rings (SSSR count). The summed E-state index contributed by atoms with van der Waals surface area (Å²) in [7, 11) is 3.39. The Morgan fingerprint density at radius 1 is 0.576 bits per heavy atom. The maximum atomic E-state index is 14.6. The highest BCUT2D eigenvalue weighted by atomic mass is 16.5. The van der Waals surface area contributed by atoms with E-state index < -0.39 is 42.3 Å². The van der Waals surface area contributed by atoms with Gasteiger partial charge in [-0.15, -0.1) is 5.10 Å². The third kappa shape index (κ3) is 20.7. The number of hydrogen-bond acceptors (Lipinski definition) is 16. The fourth-order valence-electron chi connectivity index (χ4n) is 13.3. The third-order valence-corrected chi connectivity index (χ3v) is 18.9. The van der Waals surface area contributed by atoms with Gasteiger partial charge in [0.05, 0.1) is 50.2 Å². The van der Waals surface area contributed by atoms with E-state index in [0.29, 0.717) is 160 Å². The second kappa shape index (κ2) is 37.0. The maximum Gasteiger partial charge on any atom is 0.246 e. The minimum atomic E-state index is -0.893. The van der Waals surface area contributed by atoms with E-state index in [1.54, 1.807) is 42.4 Å². The molecular weight excluding hydrogens is 1170 g/mol. The number of nitrogens with one attached hydrogen (secondary N) is 6. The van der Waals surface area contributed by atoms with Crippen LogP contribution in [0.15, 0.2) is 97.2 Å². The minimum absolute atomic E-state index is 0.0462. The van der Waals surface area contributed by atoms with Crippen molar-refractivity contribution in [2.75, 3.05) is 60.3 Å². The van der Waals surface area contributed by atoms with E-state index in [1.807, 2.05) is 97.2 Å². The molecule has 11 atom stereocenters. The van der Waals surface area contributed by atoms with Crippen LogP contribution < -0.4 is 31.9 Å². The second-order valence-electron chi connectivity index (χ2n) is 25.2. The molecule has 4 fully saturated rings. The highest BCUT2D eigenvalue weighted by Crippen LogP contribution is 2.38.